The summed E-state index contributed by atoms with van der Waals surface area (Å²) in [6.45, 7) is 1.83. The van der Waals surface area contributed by atoms with Crippen LogP contribution in [0.1, 0.15) is 43.7 Å². The van der Waals surface area contributed by atoms with Crippen LogP contribution in [0.15, 0.2) is 113 Å². The van der Waals surface area contributed by atoms with Gasteiger partial charge >= 0.3 is 0 Å². The number of thioether (sulfide) groups is 1. The number of benzene rings is 4. The van der Waals surface area contributed by atoms with Crippen molar-refractivity contribution in [2.24, 2.45) is 0 Å². The summed E-state index contributed by atoms with van der Waals surface area (Å²) in [6, 6.07) is 29.0. The molecule has 258 valence electrons. The number of ether oxygens (including phenoxy) is 1. The molecule has 1 saturated carbocycles. The van der Waals surface area contributed by atoms with Crippen LogP contribution in [0.4, 0.5) is 5.69 Å². The summed E-state index contributed by atoms with van der Waals surface area (Å²) in [6.07, 6.45) is 5.99. The molecule has 2 amide bonds. The fourth-order valence-electron chi connectivity index (χ4n) is 6.03. The lowest BCUT2D eigenvalue weighted by atomic mass is 10.0. The third-order valence-electron chi connectivity index (χ3n) is 8.58. The van der Waals surface area contributed by atoms with Crippen molar-refractivity contribution in [1.82, 2.24) is 10.2 Å². The number of hydrogen-bond acceptors (Lipinski definition) is 6. The molecule has 1 fully saturated rings. The molecule has 4 aromatic rings. The Bertz CT molecular complexity index is 1800. The monoisotopic (exact) mass is 719 g/mol. The summed E-state index contributed by atoms with van der Waals surface area (Å²) in [5.74, 6) is -0.219. The van der Waals surface area contributed by atoms with E-state index in [1.165, 1.54) is 16.7 Å². The number of hydrogen-bond donors (Lipinski definition) is 1. The van der Waals surface area contributed by atoms with Gasteiger partial charge in [-0.15, -0.1) is 11.8 Å². The summed E-state index contributed by atoms with van der Waals surface area (Å²) in [4.78, 5) is 31.3. The van der Waals surface area contributed by atoms with Gasteiger partial charge in [0.1, 0.15) is 18.3 Å². The van der Waals surface area contributed by atoms with E-state index in [-0.39, 0.29) is 29.8 Å². The maximum atomic E-state index is 14.7. The fraction of sp³-hybridized carbons (Fsp3) is 0.316. The SMILES string of the molecule is CCOc1ccc(N(CC(=O)N(Cc2cccc(Cl)c2)[C@H](Cc2ccccc2)C(=O)NC2CCCC2)S(=O)(=O)c2ccc(SC)cc2)cc1. The molecule has 0 unspecified atom stereocenters. The first-order chi connectivity index (χ1) is 23.7. The van der Waals surface area contributed by atoms with Gasteiger partial charge in [0.05, 0.1) is 17.2 Å². The van der Waals surface area contributed by atoms with E-state index in [4.69, 9.17) is 16.3 Å². The molecule has 0 spiro atoms. The average Bonchev–Trinajstić information content (AvgIpc) is 3.62. The summed E-state index contributed by atoms with van der Waals surface area (Å²) < 4.78 is 35.4. The van der Waals surface area contributed by atoms with E-state index in [1.807, 2.05) is 49.6 Å². The van der Waals surface area contributed by atoms with E-state index in [2.05, 4.69) is 5.32 Å². The van der Waals surface area contributed by atoms with Crippen LogP contribution >= 0.6 is 23.4 Å². The van der Waals surface area contributed by atoms with Crippen molar-refractivity contribution in [2.75, 3.05) is 23.7 Å². The molecular weight excluding hydrogens is 678 g/mol. The Hall–Kier alpha value is -3.99. The van der Waals surface area contributed by atoms with Crippen LogP contribution in [-0.2, 0) is 32.6 Å². The molecule has 1 aliphatic carbocycles. The summed E-state index contributed by atoms with van der Waals surface area (Å²) >= 11 is 7.86. The molecule has 11 heteroatoms. The standard InChI is InChI=1S/C38H42ClN3O5S2/c1-3-47-33-18-16-32(17-19-33)42(49(45,46)35-22-20-34(48-2)21-23-35)27-37(43)41(26-29-12-9-13-30(39)24-29)36(25-28-10-5-4-6-11-28)38(44)40-31-14-7-8-15-31/h4-6,9-13,16-24,31,36H,3,7-8,14-15,25-27H2,1-2H3,(H,40,44)/t36-/m1/s1. The van der Waals surface area contributed by atoms with E-state index >= 15 is 0 Å². The van der Waals surface area contributed by atoms with Crippen LogP contribution < -0.4 is 14.4 Å². The molecule has 8 nitrogen and oxygen atoms in total. The van der Waals surface area contributed by atoms with Crippen molar-refractivity contribution in [3.05, 3.63) is 119 Å². The topological polar surface area (TPSA) is 96.0 Å². The third kappa shape index (κ3) is 9.59. The smallest absolute Gasteiger partial charge is 0.264 e. The minimum Gasteiger partial charge on any atom is -0.494 e. The van der Waals surface area contributed by atoms with Gasteiger partial charge in [-0.2, -0.15) is 0 Å². The van der Waals surface area contributed by atoms with E-state index in [9.17, 15) is 18.0 Å². The molecule has 0 saturated heterocycles. The highest BCUT2D eigenvalue weighted by Crippen LogP contribution is 2.29. The number of anilines is 1. The van der Waals surface area contributed by atoms with Crippen molar-refractivity contribution in [3.63, 3.8) is 0 Å². The normalized spacial score (nSPS) is 13.9. The minimum absolute atomic E-state index is 0.0267. The largest absolute Gasteiger partial charge is 0.494 e. The molecule has 0 radical (unpaired) electrons. The number of rotatable bonds is 15. The van der Waals surface area contributed by atoms with Crippen LogP contribution in [0.5, 0.6) is 5.75 Å². The third-order valence-corrected chi connectivity index (χ3v) is 11.3. The number of sulfonamides is 1. The summed E-state index contributed by atoms with van der Waals surface area (Å²) in [5.41, 5.74) is 1.89. The van der Waals surface area contributed by atoms with Crippen molar-refractivity contribution in [1.29, 1.82) is 0 Å². The molecule has 49 heavy (non-hydrogen) atoms. The minimum atomic E-state index is -4.22. The number of carbonyl (C=O) groups excluding carboxylic acids is 2. The molecule has 4 aromatic carbocycles. The molecule has 1 atom stereocenters. The molecule has 5 rings (SSSR count). The van der Waals surface area contributed by atoms with Gasteiger partial charge < -0.3 is 15.0 Å². The Balaban J connectivity index is 1.56. The fourth-order valence-corrected chi connectivity index (χ4v) is 8.07. The Morgan fingerprint density at radius 1 is 0.918 bits per heavy atom. The van der Waals surface area contributed by atoms with E-state index in [0.29, 0.717) is 23.1 Å². The van der Waals surface area contributed by atoms with Gasteiger partial charge in [0.25, 0.3) is 10.0 Å². The molecular formula is C38H42ClN3O5S2. The molecule has 0 aliphatic heterocycles. The highest BCUT2D eigenvalue weighted by molar-refractivity contribution is 7.98. The first kappa shape index (κ1) is 36.3. The van der Waals surface area contributed by atoms with Crippen molar-refractivity contribution >= 4 is 50.9 Å². The molecule has 1 N–H and O–H groups in total. The van der Waals surface area contributed by atoms with Crippen LogP contribution in [0.25, 0.3) is 0 Å². The quantitative estimate of drug-likeness (QED) is 0.129. The zero-order chi connectivity index (χ0) is 34.8. The molecule has 1 aliphatic rings. The number of nitrogens with zero attached hydrogens (tertiary/aromatic N) is 2. The van der Waals surface area contributed by atoms with Gasteiger partial charge in [-0.1, -0.05) is 66.9 Å². The van der Waals surface area contributed by atoms with Gasteiger partial charge in [-0.25, -0.2) is 8.42 Å². The Morgan fingerprint density at radius 2 is 1.59 bits per heavy atom. The van der Waals surface area contributed by atoms with Crippen molar-refractivity contribution < 1.29 is 22.7 Å². The lowest BCUT2D eigenvalue weighted by Crippen LogP contribution is -2.54. The zero-order valence-electron chi connectivity index (χ0n) is 27.8. The lowest BCUT2D eigenvalue weighted by molar-refractivity contribution is -0.140. The summed E-state index contributed by atoms with van der Waals surface area (Å²) in [7, 11) is -4.22. The van der Waals surface area contributed by atoms with Crippen molar-refractivity contribution in [2.45, 2.75) is 67.4 Å². The predicted octanol–water partition coefficient (Wildman–Crippen LogP) is 7.35. The predicted molar refractivity (Wildman–Crippen MR) is 197 cm³/mol. The summed E-state index contributed by atoms with van der Waals surface area (Å²) in [5, 5.41) is 3.69. The number of carbonyl (C=O) groups is 2. The highest BCUT2D eigenvalue weighted by atomic mass is 35.5. The van der Waals surface area contributed by atoms with E-state index in [0.717, 1.165) is 46.0 Å². The lowest BCUT2D eigenvalue weighted by Gasteiger charge is -2.34. The molecule has 0 heterocycles. The van der Waals surface area contributed by atoms with Gasteiger partial charge in [-0.3, -0.25) is 13.9 Å². The number of halogens is 1. The Labute approximate surface area is 298 Å². The average molecular weight is 720 g/mol. The second kappa shape index (κ2) is 17.1. The maximum absolute atomic E-state index is 14.7. The van der Waals surface area contributed by atoms with Gasteiger partial charge in [-0.05, 0) is 97.8 Å². The van der Waals surface area contributed by atoms with Crippen LogP contribution in [0.2, 0.25) is 5.02 Å². The maximum Gasteiger partial charge on any atom is 0.264 e. The molecule has 0 aromatic heterocycles. The van der Waals surface area contributed by atoms with Gasteiger partial charge in [0, 0.05) is 28.9 Å². The number of nitrogens with one attached hydrogen (secondary N) is 1. The first-order valence-corrected chi connectivity index (χ1v) is 19.5. The van der Waals surface area contributed by atoms with Crippen LogP contribution in [-0.4, -0.2) is 56.6 Å². The zero-order valence-corrected chi connectivity index (χ0v) is 30.1. The second-order valence-electron chi connectivity index (χ2n) is 12.0. The van der Waals surface area contributed by atoms with Crippen molar-refractivity contribution in [3.8, 4) is 5.75 Å². The van der Waals surface area contributed by atoms with Crippen LogP contribution in [0, 0.1) is 0 Å². The second-order valence-corrected chi connectivity index (χ2v) is 15.1. The van der Waals surface area contributed by atoms with E-state index in [1.54, 1.807) is 66.7 Å². The Morgan fingerprint density at radius 3 is 2.22 bits per heavy atom. The first-order valence-electron chi connectivity index (χ1n) is 16.5. The van der Waals surface area contributed by atoms with Gasteiger partial charge in [0.15, 0.2) is 0 Å². The Kier molecular flexibility index (Phi) is 12.7. The number of amides is 2. The highest BCUT2D eigenvalue weighted by Gasteiger charge is 2.35. The molecule has 0 bridgehead atoms. The van der Waals surface area contributed by atoms with E-state index < -0.39 is 28.5 Å². The van der Waals surface area contributed by atoms with Gasteiger partial charge in [0.2, 0.25) is 11.8 Å². The van der Waals surface area contributed by atoms with Crippen LogP contribution in [0.3, 0.4) is 0 Å².